The SMILES string of the molecule is CC(=O)Cc1ccc(-c2ccc(O)c3c2CC2CC4C(N(C)C)C(=O)C(C(N)=O)C(=O)C4(O)C(=O)C2C3=O)cn1. The first-order valence-electron chi connectivity index (χ1n) is 12.9. The fourth-order valence-electron chi connectivity index (χ4n) is 6.82. The van der Waals surface area contributed by atoms with Gasteiger partial charge < -0.3 is 15.9 Å². The van der Waals surface area contributed by atoms with E-state index in [0.29, 0.717) is 22.4 Å². The molecular weight excluding hydrogens is 518 g/mol. The van der Waals surface area contributed by atoms with Crippen LogP contribution in [0.3, 0.4) is 0 Å². The van der Waals surface area contributed by atoms with Crippen LogP contribution in [0.15, 0.2) is 30.5 Å². The van der Waals surface area contributed by atoms with Gasteiger partial charge in [-0.25, -0.2) is 0 Å². The number of carbonyl (C=O) groups excluding carboxylic acids is 6. The number of phenols is 1. The summed E-state index contributed by atoms with van der Waals surface area (Å²) in [6.07, 6.45) is 1.85. The van der Waals surface area contributed by atoms with Gasteiger partial charge >= 0.3 is 0 Å². The molecule has 4 N–H and O–H groups in total. The molecule has 0 aliphatic heterocycles. The molecule has 3 aliphatic carbocycles. The fourth-order valence-corrected chi connectivity index (χ4v) is 6.82. The molecule has 2 aromatic rings. The molecule has 40 heavy (non-hydrogen) atoms. The standard InChI is InChI=1S/C29H29N3O8/c1-12(33)8-15-5-4-13(11-31-15)16-6-7-19(34)21-17(16)9-14-10-18-23(32(2)3)25(36)22(28(30)39)27(38)29(18,40)26(37)20(14)24(21)35/h4-7,11,14,18,20,22-23,34,40H,8-10H2,1-3H3,(H2,30,39). The monoisotopic (exact) mass is 547 g/mol. The topological polar surface area (TPSA) is 185 Å². The molecule has 11 heteroatoms. The lowest BCUT2D eigenvalue weighted by atomic mass is 9.52. The Morgan fingerprint density at radius 2 is 1.80 bits per heavy atom. The minimum absolute atomic E-state index is 0.0329. The highest BCUT2D eigenvalue weighted by Crippen LogP contribution is 2.51. The summed E-state index contributed by atoms with van der Waals surface area (Å²) in [6, 6.07) is 5.26. The number of ketones is 5. The summed E-state index contributed by atoms with van der Waals surface area (Å²) in [6.45, 7) is 1.46. The molecule has 208 valence electrons. The molecule has 0 bridgehead atoms. The number of primary amides is 1. The number of nitrogens with zero attached hydrogens (tertiary/aromatic N) is 2. The van der Waals surface area contributed by atoms with Crippen molar-refractivity contribution in [3.8, 4) is 16.9 Å². The first-order chi connectivity index (χ1) is 18.8. The molecule has 1 aromatic heterocycles. The van der Waals surface area contributed by atoms with Gasteiger partial charge in [0.05, 0.1) is 17.5 Å². The number of fused-ring (bicyclic) bond motifs is 3. The van der Waals surface area contributed by atoms with E-state index in [1.807, 2.05) is 0 Å². The quantitative estimate of drug-likeness (QED) is 0.432. The highest BCUT2D eigenvalue weighted by molar-refractivity contribution is 6.32. The fraction of sp³-hybridized carbons (Fsp3) is 0.414. The van der Waals surface area contributed by atoms with E-state index in [1.54, 1.807) is 24.4 Å². The van der Waals surface area contributed by atoms with Crippen molar-refractivity contribution in [3.63, 3.8) is 0 Å². The van der Waals surface area contributed by atoms with Crippen molar-refractivity contribution in [1.82, 2.24) is 9.88 Å². The molecule has 0 spiro atoms. The lowest BCUT2D eigenvalue weighted by Crippen LogP contribution is -2.74. The minimum Gasteiger partial charge on any atom is -0.507 e. The second-order valence-corrected chi connectivity index (χ2v) is 11.2. The lowest BCUT2D eigenvalue weighted by molar-refractivity contribution is -0.181. The molecule has 0 radical (unpaired) electrons. The Hall–Kier alpha value is -4.09. The van der Waals surface area contributed by atoms with Crippen LogP contribution in [0, 0.1) is 23.7 Å². The maximum Gasteiger partial charge on any atom is 0.235 e. The van der Waals surface area contributed by atoms with Gasteiger partial charge in [0.1, 0.15) is 11.5 Å². The van der Waals surface area contributed by atoms with Crippen LogP contribution in [0.4, 0.5) is 0 Å². The highest BCUT2D eigenvalue weighted by atomic mass is 16.3. The molecule has 11 nitrogen and oxygen atoms in total. The van der Waals surface area contributed by atoms with E-state index in [0.717, 1.165) is 0 Å². The number of nitrogens with two attached hydrogens (primary N) is 1. The Labute approximate surface area is 229 Å². The number of likely N-dealkylation sites (N-methyl/N-ethyl adjacent to an activating group) is 1. The number of pyridine rings is 1. The van der Waals surface area contributed by atoms with Crippen molar-refractivity contribution in [2.24, 2.45) is 29.4 Å². The Bertz CT molecular complexity index is 1500. The average molecular weight is 548 g/mol. The normalized spacial score (nSPS) is 29.6. The van der Waals surface area contributed by atoms with Crippen LogP contribution >= 0.6 is 0 Å². The molecule has 6 unspecified atom stereocenters. The number of hydrogen-bond donors (Lipinski definition) is 3. The smallest absolute Gasteiger partial charge is 0.235 e. The number of aromatic hydroxyl groups is 1. The summed E-state index contributed by atoms with van der Waals surface area (Å²) in [5, 5.41) is 22.4. The number of carbonyl (C=O) groups is 6. The zero-order chi connectivity index (χ0) is 29.3. The van der Waals surface area contributed by atoms with E-state index >= 15 is 0 Å². The summed E-state index contributed by atoms with van der Waals surface area (Å²) < 4.78 is 0. The summed E-state index contributed by atoms with van der Waals surface area (Å²) in [5.74, 6) is -10.9. The van der Waals surface area contributed by atoms with Gasteiger partial charge in [-0.05, 0) is 63.0 Å². The van der Waals surface area contributed by atoms with Gasteiger partial charge in [-0.3, -0.25) is 38.7 Å². The lowest BCUT2D eigenvalue weighted by Gasteiger charge is -2.52. The molecular formula is C29H29N3O8. The Kier molecular flexibility index (Phi) is 6.54. The van der Waals surface area contributed by atoms with Gasteiger partial charge in [-0.15, -0.1) is 0 Å². The number of amides is 1. The zero-order valence-electron chi connectivity index (χ0n) is 22.2. The van der Waals surface area contributed by atoms with Crippen LogP contribution in [0.2, 0.25) is 0 Å². The van der Waals surface area contributed by atoms with Crippen LogP contribution < -0.4 is 5.73 Å². The second kappa shape index (κ2) is 9.53. The van der Waals surface area contributed by atoms with E-state index in [4.69, 9.17) is 5.73 Å². The molecule has 1 aromatic carbocycles. The second-order valence-electron chi connectivity index (χ2n) is 11.2. The van der Waals surface area contributed by atoms with Crippen LogP contribution in [0.5, 0.6) is 5.75 Å². The van der Waals surface area contributed by atoms with Gasteiger partial charge in [-0.2, -0.15) is 0 Å². The Morgan fingerprint density at radius 1 is 1.10 bits per heavy atom. The molecule has 5 rings (SSSR count). The third-order valence-electron chi connectivity index (χ3n) is 8.51. The number of phenolic OH excluding ortho intramolecular Hbond substituents is 1. The predicted molar refractivity (Wildman–Crippen MR) is 139 cm³/mol. The Morgan fingerprint density at radius 3 is 2.38 bits per heavy atom. The molecule has 0 saturated heterocycles. The summed E-state index contributed by atoms with van der Waals surface area (Å²) >= 11 is 0. The number of aromatic nitrogens is 1. The number of benzene rings is 1. The summed E-state index contributed by atoms with van der Waals surface area (Å²) in [4.78, 5) is 83.6. The van der Waals surface area contributed by atoms with Crippen molar-refractivity contribution < 1.29 is 39.0 Å². The largest absolute Gasteiger partial charge is 0.507 e. The van der Waals surface area contributed by atoms with E-state index in [-0.39, 0.29) is 36.4 Å². The van der Waals surface area contributed by atoms with Crippen molar-refractivity contribution >= 4 is 34.8 Å². The van der Waals surface area contributed by atoms with Crippen LogP contribution in [0.25, 0.3) is 11.1 Å². The number of hydrogen-bond acceptors (Lipinski definition) is 10. The molecule has 2 fully saturated rings. The van der Waals surface area contributed by atoms with Crippen LogP contribution in [-0.4, -0.2) is 80.7 Å². The van der Waals surface area contributed by atoms with E-state index < -0.39 is 64.4 Å². The van der Waals surface area contributed by atoms with Crippen molar-refractivity contribution in [1.29, 1.82) is 0 Å². The maximum absolute atomic E-state index is 13.9. The number of rotatable bonds is 5. The van der Waals surface area contributed by atoms with Gasteiger partial charge in [0.2, 0.25) is 5.91 Å². The first-order valence-corrected chi connectivity index (χ1v) is 12.9. The molecule has 6 atom stereocenters. The van der Waals surface area contributed by atoms with Crippen LogP contribution in [-0.2, 0) is 36.8 Å². The number of Topliss-reactive ketones (excluding diaryl/α,β-unsaturated/α-hetero) is 5. The third-order valence-corrected chi connectivity index (χ3v) is 8.51. The average Bonchev–Trinajstić information content (AvgIpc) is 2.86. The molecule has 1 heterocycles. The maximum atomic E-state index is 13.9. The summed E-state index contributed by atoms with van der Waals surface area (Å²) in [5.41, 5.74) is 4.78. The third kappa shape index (κ3) is 3.91. The summed E-state index contributed by atoms with van der Waals surface area (Å²) in [7, 11) is 3.07. The van der Waals surface area contributed by atoms with E-state index in [1.165, 1.54) is 32.0 Å². The van der Waals surface area contributed by atoms with Crippen molar-refractivity contribution in [2.75, 3.05) is 14.1 Å². The molecule has 3 aliphatic rings. The van der Waals surface area contributed by atoms with Gasteiger partial charge in [0.15, 0.2) is 34.7 Å². The van der Waals surface area contributed by atoms with Gasteiger partial charge in [-0.1, -0.05) is 12.1 Å². The van der Waals surface area contributed by atoms with Gasteiger partial charge in [0, 0.05) is 29.8 Å². The zero-order valence-corrected chi connectivity index (χ0v) is 22.2. The Balaban J connectivity index is 1.61. The first kappa shape index (κ1) is 27.5. The van der Waals surface area contributed by atoms with E-state index in [9.17, 15) is 39.0 Å². The predicted octanol–water partition coefficient (Wildman–Crippen LogP) is 0.0605. The van der Waals surface area contributed by atoms with Gasteiger partial charge in [0.25, 0.3) is 0 Å². The molecule has 2 saturated carbocycles. The van der Waals surface area contributed by atoms with Crippen LogP contribution in [0.1, 0.15) is 35.0 Å². The molecule has 1 amide bonds. The highest BCUT2D eigenvalue weighted by Gasteiger charge is 2.69. The number of aliphatic hydroxyl groups is 1. The van der Waals surface area contributed by atoms with Crippen molar-refractivity contribution in [2.45, 2.75) is 37.8 Å². The minimum atomic E-state index is -2.76. The van der Waals surface area contributed by atoms with Crippen molar-refractivity contribution in [3.05, 3.63) is 47.3 Å². The van der Waals surface area contributed by atoms with E-state index in [2.05, 4.69) is 4.98 Å².